The van der Waals surface area contributed by atoms with Crippen molar-refractivity contribution in [2.45, 2.75) is 25.1 Å². The van der Waals surface area contributed by atoms with Crippen molar-refractivity contribution in [2.75, 3.05) is 7.11 Å². The van der Waals surface area contributed by atoms with Gasteiger partial charge in [0.2, 0.25) is 5.91 Å². The number of benzene rings is 2. The van der Waals surface area contributed by atoms with Gasteiger partial charge in [-0.15, -0.1) is 0 Å². The first-order chi connectivity index (χ1) is 12.7. The maximum absolute atomic E-state index is 12.6. The second kappa shape index (κ2) is 9.20. The van der Waals surface area contributed by atoms with E-state index in [1.54, 1.807) is 0 Å². The fraction of sp³-hybridized carbons (Fsp3) is 0.263. The molecular weight excluding hydrogens is 474 g/mol. The van der Waals surface area contributed by atoms with Crippen molar-refractivity contribution < 1.29 is 27.5 Å². The lowest BCUT2D eigenvalue weighted by Crippen LogP contribution is -2.43. The van der Waals surface area contributed by atoms with Crippen molar-refractivity contribution in [3.8, 4) is 0 Å². The Kier molecular flexibility index (Phi) is 7.23. The van der Waals surface area contributed by atoms with Crippen molar-refractivity contribution in [3.63, 3.8) is 0 Å². The molecule has 2 rings (SSSR count). The van der Waals surface area contributed by atoms with E-state index in [0.29, 0.717) is 5.56 Å². The standard InChI is InChI=1S/C19H17F3INO3/c1-27-18(26)16(10-12-4-8-15(23)9-5-12)24-17(25)11-13-2-6-14(7-3-13)19(20,21)22/h2-9,16H,10-11H2,1H3,(H,24,25)/t16-/m1/s1. The summed E-state index contributed by atoms with van der Waals surface area (Å²) in [4.78, 5) is 24.2. The smallest absolute Gasteiger partial charge is 0.416 e. The van der Waals surface area contributed by atoms with Gasteiger partial charge in [0, 0.05) is 9.99 Å². The van der Waals surface area contributed by atoms with Crippen LogP contribution in [0.5, 0.6) is 0 Å². The molecule has 144 valence electrons. The summed E-state index contributed by atoms with van der Waals surface area (Å²) in [5, 5.41) is 2.59. The van der Waals surface area contributed by atoms with Crippen LogP contribution in [0.1, 0.15) is 16.7 Å². The number of carbonyl (C=O) groups excluding carboxylic acids is 2. The Morgan fingerprint density at radius 2 is 1.59 bits per heavy atom. The molecule has 1 atom stereocenters. The molecule has 0 bridgehead atoms. The van der Waals surface area contributed by atoms with Crippen molar-refractivity contribution >= 4 is 34.5 Å². The quantitative estimate of drug-likeness (QED) is 0.495. The molecule has 2 aromatic rings. The van der Waals surface area contributed by atoms with Gasteiger partial charge in [0.15, 0.2) is 0 Å². The van der Waals surface area contributed by atoms with E-state index in [4.69, 9.17) is 4.74 Å². The van der Waals surface area contributed by atoms with E-state index in [-0.39, 0.29) is 12.8 Å². The Balaban J connectivity index is 2.02. The van der Waals surface area contributed by atoms with Gasteiger partial charge in [0.25, 0.3) is 0 Å². The van der Waals surface area contributed by atoms with E-state index in [9.17, 15) is 22.8 Å². The summed E-state index contributed by atoms with van der Waals surface area (Å²) < 4.78 is 43.5. The van der Waals surface area contributed by atoms with Gasteiger partial charge in [-0.1, -0.05) is 24.3 Å². The number of alkyl halides is 3. The fourth-order valence-corrected chi connectivity index (χ4v) is 2.79. The van der Waals surface area contributed by atoms with Crippen LogP contribution in [0.15, 0.2) is 48.5 Å². The van der Waals surface area contributed by atoms with Gasteiger partial charge in [-0.2, -0.15) is 13.2 Å². The molecule has 0 aromatic heterocycles. The van der Waals surface area contributed by atoms with Crippen LogP contribution in [0.2, 0.25) is 0 Å². The van der Waals surface area contributed by atoms with Gasteiger partial charge < -0.3 is 10.1 Å². The van der Waals surface area contributed by atoms with E-state index in [1.165, 1.54) is 19.2 Å². The molecule has 0 radical (unpaired) electrons. The predicted molar refractivity (Wildman–Crippen MR) is 102 cm³/mol. The van der Waals surface area contributed by atoms with Crippen LogP contribution in [-0.4, -0.2) is 25.0 Å². The Morgan fingerprint density at radius 3 is 2.11 bits per heavy atom. The minimum atomic E-state index is -4.43. The first-order valence-corrected chi connectivity index (χ1v) is 9.04. The molecule has 0 unspecified atom stereocenters. The summed E-state index contributed by atoms with van der Waals surface area (Å²) in [6, 6.07) is 10.9. The third-order valence-electron chi connectivity index (χ3n) is 3.82. The SMILES string of the molecule is COC(=O)[C@@H](Cc1ccc(I)cc1)NC(=O)Cc1ccc(C(F)(F)F)cc1. The molecule has 0 aliphatic heterocycles. The largest absolute Gasteiger partial charge is 0.467 e. The topological polar surface area (TPSA) is 55.4 Å². The third-order valence-corrected chi connectivity index (χ3v) is 4.54. The van der Waals surface area contributed by atoms with E-state index in [0.717, 1.165) is 21.3 Å². The average molecular weight is 491 g/mol. The van der Waals surface area contributed by atoms with E-state index in [1.807, 2.05) is 24.3 Å². The number of nitrogens with one attached hydrogen (secondary N) is 1. The van der Waals surface area contributed by atoms with Crippen LogP contribution in [-0.2, 0) is 33.3 Å². The van der Waals surface area contributed by atoms with Crippen LogP contribution in [0.4, 0.5) is 13.2 Å². The van der Waals surface area contributed by atoms with E-state index < -0.39 is 29.7 Å². The Morgan fingerprint density at radius 1 is 1.04 bits per heavy atom. The van der Waals surface area contributed by atoms with Gasteiger partial charge in [-0.3, -0.25) is 4.79 Å². The molecule has 0 saturated heterocycles. The number of amides is 1. The summed E-state index contributed by atoms with van der Waals surface area (Å²) in [5.41, 5.74) is 0.483. The predicted octanol–water partition coefficient (Wildman–Crippen LogP) is 3.75. The number of halogens is 4. The summed E-state index contributed by atoms with van der Waals surface area (Å²) in [7, 11) is 1.23. The summed E-state index contributed by atoms with van der Waals surface area (Å²) in [6.07, 6.45) is -4.31. The average Bonchev–Trinajstić information content (AvgIpc) is 2.62. The van der Waals surface area contributed by atoms with Gasteiger partial charge >= 0.3 is 12.1 Å². The number of methoxy groups -OCH3 is 1. The number of hydrogen-bond donors (Lipinski definition) is 1. The molecule has 0 heterocycles. The molecule has 8 heteroatoms. The first-order valence-electron chi connectivity index (χ1n) is 7.97. The molecule has 4 nitrogen and oxygen atoms in total. The van der Waals surface area contributed by atoms with Gasteiger partial charge in [0.1, 0.15) is 6.04 Å². The lowest BCUT2D eigenvalue weighted by atomic mass is 10.0. The fourth-order valence-electron chi connectivity index (χ4n) is 2.43. The first kappa shape index (κ1) is 21.2. The number of hydrogen-bond acceptors (Lipinski definition) is 3. The number of rotatable bonds is 6. The summed E-state index contributed by atoms with van der Waals surface area (Å²) in [6.45, 7) is 0. The van der Waals surface area contributed by atoms with Crippen LogP contribution in [0.25, 0.3) is 0 Å². The minimum absolute atomic E-state index is 0.141. The molecule has 0 aliphatic carbocycles. The lowest BCUT2D eigenvalue weighted by Gasteiger charge is -2.17. The lowest BCUT2D eigenvalue weighted by molar-refractivity contribution is -0.145. The van der Waals surface area contributed by atoms with Crippen LogP contribution in [0.3, 0.4) is 0 Å². The van der Waals surface area contributed by atoms with Crippen LogP contribution >= 0.6 is 22.6 Å². The number of carbonyl (C=O) groups is 2. The van der Waals surface area contributed by atoms with E-state index >= 15 is 0 Å². The molecule has 0 saturated carbocycles. The Bertz CT molecular complexity index is 789. The normalized spacial score (nSPS) is 12.3. The molecule has 1 N–H and O–H groups in total. The maximum atomic E-state index is 12.6. The second-order valence-electron chi connectivity index (χ2n) is 5.85. The zero-order valence-corrected chi connectivity index (χ0v) is 16.5. The van der Waals surface area contributed by atoms with Gasteiger partial charge in [-0.05, 0) is 58.0 Å². The molecule has 0 spiro atoms. The maximum Gasteiger partial charge on any atom is 0.416 e. The van der Waals surface area contributed by atoms with Gasteiger partial charge in [0.05, 0.1) is 19.1 Å². The molecule has 2 aromatic carbocycles. The minimum Gasteiger partial charge on any atom is -0.467 e. The van der Waals surface area contributed by atoms with Crippen molar-refractivity contribution in [1.82, 2.24) is 5.32 Å². The number of esters is 1. The Hall–Kier alpha value is -2.10. The highest BCUT2D eigenvalue weighted by atomic mass is 127. The summed E-state index contributed by atoms with van der Waals surface area (Å²) >= 11 is 2.16. The molecule has 0 aliphatic rings. The van der Waals surface area contributed by atoms with Crippen LogP contribution < -0.4 is 5.32 Å². The second-order valence-corrected chi connectivity index (χ2v) is 7.09. The van der Waals surface area contributed by atoms with Crippen molar-refractivity contribution in [2.24, 2.45) is 0 Å². The van der Waals surface area contributed by atoms with Crippen molar-refractivity contribution in [3.05, 3.63) is 68.8 Å². The molecule has 1 amide bonds. The zero-order chi connectivity index (χ0) is 20.0. The highest BCUT2D eigenvalue weighted by molar-refractivity contribution is 14.1. The van der Waals surface area contributed by atoms with Gasteiger partial charge in [-0.25, -0.2) is 4.79 Å². The molecular formula is C19H17F3INO3. The molecule has 0 fully saturated rings. The van der Waals surface area contributed by atoms with Crippen LogP contribution in [0, 0.1) is 3.57 Å². The molecule has 27 heavy (non-hydrogen) atoms. The third kappa shape index (κ3) is 6.53. The van der Waals surface area contributed by atoms with E-state index in [2.05, 4.69) is 27.9 Å². The Labute approximate surface area is 168 Å². The summed E-state index contributed by atoms with van der Waals surface area (Å²) in [5.74, 6) is -1.06. The number of ether oxygens (including phenoxy) is 1. The monoisotopic (exact) mass is 491 g/mol. The zero-order valence-electron chi connectivity index (χ0n) is 14.3. The highest BCUT2D eigenvalue weighted by Crippen LogP contribution is 2.29. The van der Waals surface area contributed by atoms with Crippen molar-refractivity contribution in [1.29, 1.82) is 0 Å². The highest BCUT2D eigenvalue weighted by Gasteiger charge is 2.30.